The Morgan fingerprint density at radius 2 is 1.93 bits per heavy atom. The second-order valence-electron chi connectivity index (χ2n) is 5.88. The number of rotatable bonds is 10. The zero-order chi connectivity index (χ0) is 21.2. The minimum absolute atomic E-state index is 0.142. The number of ether oxygens (including phenoxy) is 3. The molecule has 1 aromatic heterocycles. The highest BCUT2D eigenvalue weighted by Gasteiger charge is 2.12. The first-order valence-corrected chi connectivity index (χ1v) is 9.76. The quantitative estimate of drug-likeness (QED) is 0.363. The molecule has 29 heavy (non-hydrogen) atoms. The number of thiophene rings is 1. The minimum Gasteiger partial charge on any atom is -0.493 e. The van der Waals surface area contributed by atoms with E-state index in [4.69, 9.17) is 14.2 Å². The van der Waals surface area contributed by atoms with Gasteiger partial charge in [-0.25, -0.2) is 4.79 Å². The maximum atomic E-state index is 12.1. The number of esters is 1. The Balaban J connectivity index is 1.87. The molecule has 7 nitrogen and oxygen atoms in total. The van der Waals surface area contributed by atoms with Crippen molar-refractivity contribution in [1.29, 1.82) is 0 Å². The van der Waals surface area contributed by atoms with Crippen molar-refractivity contribution in [3.8, 4) is 11.5 Å². The predicted molar refractivity (Wildman–Crippen MR) is 110 cm³/mol. The van der Waals surface area contributed by atoms with Gasteiger partial charge in [-0.3, -0.25) is 9.59 Å². The van der Waals surface area contributed by atoms with Gasteiger partial charge in [-0.05, 0) is 42.8 Å². The van der Waals surface area contributed by atoms with Gasteiger partial charge in [-0.1, -0.05) is 6.07 Å². The molecule has 8 heteroatoms. The molecule has 0 bridgehead atoms. The molecule has 0 radical (unpaired) electrons. The van der Waals surface area contributed by atoms with Gasteiger partial charge in [-0.2, -0.15) is 0 Å². The number of nitrogens with one attached hydrogen (secondary N) is 1. The van der Waals surface area contributed by atoms with Gasteiger partial charge in [0, 0.05) is 17.9 Å². The number of amides is 1. The van der Waals surface area contributed by atoms with Crippen molar-refractivity contribution in [1.82, 2.24) is 5.32 Å². The first-order chi connectivity index (χ1) is 13.9. The standard InChI is InChI=1S/C21H23NO6S/c1-4-27-18-8-5-15(11-19(18)26-3)6-10-21(25)28-13-17(24)20-9-7-16(29-20)12-22-14(2)23/h5-11H,4,12-13H2,1-3H3,(H,22,23)/b10-6+. The van der Waals surface area contributed by atoms with Crippen LogP contribution in [0, 0.1) is 0 Å². The molecule has 2 aromatic rings. The summed E-state index contributed by atoms with van der Waals surface area (Å²) in [7, 11) is 1.54. The molecular formula is C21H23NO6S. The minimum atomic E-state index is -0.624. The maximum Gasteiger partial charge on any atom is 0.331 e. The van der Waals surface area contributed by atoms with E-state index in [0.717, 1.165) is 10.4 Å². The molecule has 0 saturated heterocycles. The molecular weight excluding hydrogens is 394 g/mol. The number of methoxy groups -OCH3 is 1. The van der Waals surface area contributed by atoms with Crippen LogP contribution in [0.2, 0.25) is 0 Å². The summed E-state index contributed by atoms with van der Waals surface area (Å²) >= 11 is 1.25. The Hall–Kier alpha value is -3.13. The lowest BCUT2D eigenvalue weighted by atomic mass is 10.2. The molecule has 0 aliphatic heterocycles. The van der Waals surface area contributed by atoms with Crippen LogP contribution in [-0.2, 0) is 20.9 Å². The number of benzene rings is 1. The first-order valence-electron chi connectivity index (χ1n) is 8.95. The average Bonchev–Trinajstić information content (AvgIpc) is 3.19. The summed E-state index contributed by atoms with van der Waals surface area (Å²) in [5.41, 5.74) is 0.731. The summed E-state index contributed by atoms with van der Waals surface area (Å²) in [6.45, 7) is 3.84. The second kappa shape index (κ2) is 11.0. The van der Waals surface area contributed by atoms with Gasteiger partial charge < -0.3 is 19.5 Å². The normalized spacial score (nSPS) is 10.6. The van der Waals surface area contributed by atoms with Gasteiger partial charge in [0.2, 0.25) is 11.7 Å². The van der Waals surface area contributed by atoms with E-state index in [0.29, 0.717) is 29.5 Å². The van der Waals surface area contributed by atoms with E-state index in [-0.39, 0.29) is 18.3 Å². The van der Waals surface area contributed by atoms with Crippen LogP contribution in [0.1, 0.15) is 34.0 Å². The van der Waals surface area contributed by atoms with E-state index in [1.165, 1.54) is 31.4 Å². The van der Waals surface area contributed by atoms with E-state index in [1.807, 2.05) is 6.92 Å². The summed E-state index contributed by atoms with van der Waals surface area (Å²) in [5.74, 6) is 0.117. The van der Waals surface area contributed by atoms with Crippen molar-refractivity contribution in [3.63, 3.8) is 0 Å². The largest absolute Gasteiger partial charge is 0.493 e. The Bertz CT molecular complexity index is 902. The highest BCUT2D eigenvalue weighted by atomic mass is 32.1. The first kappa shape index (κ1) is 22.2. The van der Waals surface area contributed by atoms with Crippen molar-refractivity contribution in [3.05, 3.63) is 51.7 Å². The fourth-order valence-electron chi connectivity index (χ4n) is 2.32. The molecule has 1 N–H and O–H groups in total. The van der Waals surface area contributed by atoms with Crippen molar-refractivity contribution in [2.24, 2.45) is 0 Å². The van der Waals surface area contributed by atoms with E-state index < -0.39 is 5.97 Å². The van der Waals surface area contributed by atoms with Gasteiger partial charge in [0.15, 0.2) is 18.1 Å². The number of hydrogen-bond acceptors (Lipinski definition) is 7. The van der Waals surface area contributed by atoms with Gasteiger partial charge in [0.1, 0.15) is 0 Å². The number of Topliss-reactive ketones (excluding diaryl/α,β-unsaturated/α-hetero) is 1. The molecule has 2 rings (SSSR count). The van der Waals surface area contributed by atoms with Crippen LogP contribution in [0.4, 0.5) is 0 Å². The molecule has 0 unspecified atom stereocenters. The van der Waals surface area contributed by atoms with Crippen molar-refractivity contribution < 1.29 is 28.6 Å². The van der Waals surface area contributed by atoms with E-state index >= 15 is 0 Å². The highest BCUT2D eigenvalue weighted by molar-refractivity contribution is 7.14. The second-order valence-corrected chi connectivity index (χ2v) is 7.05. The van der Waals surface area contributed by atoms with Gasteiger partial charge in [-0.15, -0.1) is 11.3 Å². The van der Waals surface area contributed by atoms with Crippen molar-refractivity contribution >= 4 is 35.1 Å². The molecule has 0 aliphatic rings. The summed E-state index contributed by atoms with van der Waals surface area (Å²) in [4.78, 5) is 36.3. The van der Waals surface area contributed by atoms with Gasteiger partial charge >= 0.3 is 5.97 Å². The Morgan fingerprint density at radius 3 is 2.62 bits per heavy atom. The molecule has 0 spiro atoms. The molecule has 1 aromatic carbocycles. The molecule has 0 atom stereocenters. The average molecular weight is 417 g/mol. The number of hydrogen-bond donors (Lipinski definition) is 1. The van der Waals surface area contributed by atoms with Crippen LogP contribution in [0.3, 0.4) is 0 Å². The fraction of sp³-hybridized carbons (Fsp3) is 0.286. The van der Waals surface area contributed by atoms with Crippen LogP contribution in [0.5, 0.6) is 11.5 Å². The lowest BCUT2D eigenvalue weighted by Gasteiger charge is -2.09. The van der Waals surface area contributed by atoms with Gasteiger partial charge in [0.05, 0.1) is 25.1 Å². The van der Waals surface area contributed by atoms with E-state index in [9.17, 15) is 14.4 Å². The van der Waals surface area contributed by atoms with Crippen LogP contribution >= 0.6 is 11.3 Å². The molecule has 1 heterocycles. The Kier molecular flexibility index (Phi) is 8.42. The van der Waals surface area contributed by atoms with Crippen molar-refractivity contribution in [2.45, 2.75) is 20.4 Å². The van der Waals surface area contributed by atoms with Crippen molar-refractivity contribution in [2.75, 3.05) is 20.3 Å². The number of carbonyl (C=O) groups excluding carboxylic acids is 3. The third kappa shape index (κ3) is 7.08. The molecule has 0 aliphatic carbocycles. The predicted octanol–water partition coefficient (Wildman–Crippen LogP) is 3.23. The lowest BCUT2D eigenvalue weighted by molar-refractivity contribution is -0.136. The Morgan fingerprint density at radius 1 is 1.14 bits per heavy atom. The summed E-state index contributed by atoms with van der Waals surface area (Å²) < 4.78 is 15.7. The smallest absolute Gasteiger partial charge is 0.331 e. The van der Waals surface area contributed by atoms with Crippen LogP contribution < -0.4 is 14.8 Å². The highest BCUT2D eigenvalue weighted by Crippen LogP contribution is 2.28. The zero-order valence-electron chi connectivity index (χ0n) is 16.5. The van der Waals surface area contributed by atoms with Crippen LogP contribution in [0.25, 0.3) is 6.08 Å². The van der Waals surface area contributed by atoms with Crippen LogP contribution in [-0.4, -0.2) is 38.0 Å². The lowest BCUT2D eigenvalue weighted by Crippen LogP contribution is -2.18. The van der Waals surface area contributed by atoms with E-state index in [1.54, 1.807) is 36.4 Å². The number of carbonyl (C=O) groups is 3. The Labute approximate surface area is 173 Å². The molecule has 154 valence electrons. The third-order valence-electron chi connectivity index (χ3n) is 3.69. The SMILES string of the molecule is CCOc1ccc(/C=C/C(=O)OCC(=O)c2ccc(CNC(C)=O)s2)cc1OC. The monoisotopic (exact) mass is 417 g/mol. The summed E-state index contributed by atoms with van der Waals surface area (Å²) in [6, 6.07) is 8.69. The zero-order valence-corrected chi connectivity index (χ0v) is 17.3. The van der Waals surface area contributed by atoms with Gasteiger partial charge in [0.25, 0.3) is 0 Å². The summed E-state index contributed by atoms with van der Waals surface area (Å²) in [6.07, 6.45) is 2.82. The fourth-order valence-corrected chi connectivity index (χ4v) is 3.19. The third-order valence-corrected chi connectivity index (χ3v) is 4.82. The molecule has 0 fully saturated rings. The number of ketones is 1. The van der Waals surface area contributed by atoms with E-state index in [2.05, 4.69) is 5.32 Å². The molecule has 1 amide bonds. The van der Waals surface area contributed by atoms with Crippen LogP contribution in [0.15, 0.2) is 36.4 Å². The summed E-state index contributed by atoms with van der Waals surface area (Å²) in [5, 5.41) is 2.66. The maximum absolute atomic E-state index is 12.1. The molecule has 0 saturated carbocycles. The topological polar surface area (TPSA) is 90.9 Å².